The van der Waals surface area contributed by atoms with Crippen LogP contribution in [0.1, 0.15) is 25.3 Å². The van der Waals surface area contributed by atoms with Crippen molar-refractivity contribution in [2.75, 3.05) is 0 Å². The van der Waals surface area contributed by atoms with Gasteiger partial charge in [-0.3, -0.25) is 0 Å². The highest BCUT2D eigenvalue weighted by Crippen LogP contribution is 2.29. The number of rotatable bonds is 2. The average Bonchev–Trinajstić information content (AvgIpc) is 2.82. The fraction of sp³-hybridized carbons (Fsp3) is 0.188. The molecule has 0 atom stereocenters. The first-order valence-electron chi connectivity index (χ1n) is 6.49. The van der Waals surface area contributed by atoms with Gasteiger partial charge in [0.05, 0.1) is 21.1 Å². The Balaban J connectivity index is 2.05. The van der Waals surface area contributed by atoms with Gasteiger partial charge in [0.15, 0.2) is 0 Å². The van der Waals surface area contributed by atoms with Crippen molar-refractivity contribution in [3.8, 4) is 11.4 Å². The van der Waals surface area contributed by atoms with Crippen LogP contribution in [0, 0.1) is 0 Å². The maximum absolute atomic E-state index is 6.02. The molecule has 1 N–H and O–H groups in total. The van der Waals surface area contributed by atoms with Crippen molar-refractivity contribution in [3.05, 3.63) is 52.0 Å². The van der Waals surface area contributed by atoms with E-state index in [1.165, 1.54) is 5.56 Å². The summed E-state index contributed by atoms with van der Waals surface area (Å²) in [5.41, 5.74) is 4.08. The summed E-state index contributed by atoms with van der Waals surface area (Å²) in [5, 5.41) is 1.05. The van der Waals surface area contributed by atoms with E-state index in [0.29, 0.717) is 16.0 Å². The van der Waals surface area contributed by atoms with Gasteiger partial charge >= 0.3 is 0 Å². The molecule has 0 aliphatic heterocycles. The summed E-state index contributed by atoms with van der Waals surface area (Å²) in [5.74, 6) is 1.35. The van der Waals surface area contributed by atoms with E-state index in [1.54, 1.807) is 12.1 Å². The number of halogens is 2. The fourth-order valence-electron chi connectivity index (χ4n) is 2.17. The number of aromatic nitrogens is 2. The minimum absolute atomic E-state index is 0.521. The largest absolute Gasteiger partial charge is 0.338 e. The van der Waals surface area contributed by atoms with Crippen molar-refractivity contribution in [1.82, 2.24) is 9.97 Å². The Kier molecular flexibility index (Phi) is 3.45. The van der Waals surface area contributed by atoms with Gasteiger partial charge in [-0.25, -0.2) is 4.98 Å². The lowest BCUT2D eigenvalue weighted by Crippen LogP contribution is -1.87. The van der Waals surface area contributed by atoms with Gasteiger partial charge < -0.3 is 4.98 Å². The molecule has 0 fully saturated rings. The third-order valence-corrected chi connectivity index (χ3v) is 4.10. The average molecular weight is 305 g/mol. The van der Waals surface area contributed by atoms with Crippen LogP contribution in [-0.4, -0.2) is 9.97 Å². The first-order valence-corrected chi connectivity index (χ1v) is 7.25. The number of hydrogen-bond acceptors (Lipinski definition) is 1. The minimum Gasteiger partial charge on any atom is -0.338 e. The molecule has 0 bridgehead atoms. The van der Waals surface area contributed by atoms with Crippen LogP contribution in [0.5, 0.6) is 0 Å². The topological polar surface area (TPSA) is 28.7 Å². The third-order valence-electron chi connectivity index (χ3n) is 3.37. The van der Waals surface area contributed by atoms with Crippen molar-refractivity contribution < 1.29 is 0 Å². The Morgan fingerprint density at radius 3 is 2.30 bits per heavy atom. The monoisotopic (exact) mass is 304 g/mol. The molecule has 0 saturated carbocycles. The minimum atomic E-state index is 0.521. The molecule has 0 unspecified atom stereocenters. The quantitative estimate of drug-likeness (QED) is 0.650. The summed E-state index contributed by atoms with van der Waals surface area (Å²) in [7, 11) is 0. The molecule has 4 heteroatoms. The first-order chi connectivity index (χ1) is 9.54. The van der Waals surface area contributed by atoms with Crippen molar-refractivity contribution in [2.45, 2.75) is 19.8 Å². The van der Waals surface area contributed by atoms with E-state index in [-0.39, 0.29) is 0 Å². The van der Waals surface area contributed by atoms with Crippen molar-refractivity contribution >= 4 is 34.2 Å². The number of hydrogen-bond donors (Lipinski definition) is 1. The summed E-state index contributed by atoms with van der Waals surface area (Å²) in [4.78, 5) is 7.84. The second-order valence-corrected chi connectivity index (χ2v) is 5.96. The van der Waals surface area contributed by atoms with Crippen molar-refractivity contribution in [3.63, 3.8) is 0 Å². The SMILES string of the molecule is CC(C)c1ccc(-c2nc3cc(Cl)c(Cl)cc3[nH]2)cc1. The number of imidazole rings is 1. The molecule has 2 aromatic carbocycles. The molecular weight excluding hydrogens is 291 g/mol. The number of nitrogens with one attached hydrogen (secondary N) is 1. The summed E-state index contributed by atoms with van der Waals surface area (Å²) >= 11 is 12.0. The van der Waals surface area contributed by atoms with E-state index in [2.05, 4.69) is 48.1 Å². The highest BCUT2D eigenvalue weighted by molar-refractivity contribution is 6.42. The summed E-state index contributed by atoms with van der Waals surface area (Å²) in [6.07, 6.45) is 0. The molecule has 0 amide bonds. The predicted octanol–water partition coefficient (Wildman–Crippen LogP) is 5.66. The molecule has 0 spiro atoms. The number of aromatic amines is 1. The van der Waals surface area contributed by atoms with Gasteiger partial charge in [-0.2, -0.15) is 0 Å². The van der Waals surface area contributed by atoms with Gasteiger partial charge in [0.1, 0.15) is 5.82 Å². The summed E-state index contributed by atoms with van der Waals surface area (Å²) in [6, 6.07) is 12.0. The van der Waals surface area contributed by atoms with Crippen molar-refractivity contribution in [2.24, 2.45) is 0 Å². The Morgan fingerprint density at radius 1 is 1.00 bits per heavy atom. The van der Waals surface area contributed by atoms with Crippen LogP contribution in [-0.2, 0) is 0 Å². The number of H-pyrrole nitrogens is 1. The normalized spacial score (nSPS) is 11.4. The van der Waals surface area contributed by atoms with Crippen LogP contribution in [0.15, 0.2) is 36.4 Å². The van der Waals surface area contributed by atoms with Gasteiger partial charge in [-0.1, -0.05) is 61.3 Å². The van der Waals surface area contributed by atoms with Gasteiger partial charge in [-0.05, 0) is 23.6 Å². The van der Waals surface area contributed by atoms with Gasteiger partial charge in [0.25, 0.3) is 0 Å². The summed E-state index contributed by atoms with van der Waals surface area (Å²) < 4.78 is 0. The second kappa shape index (κ2) is 5.12. The van der Waals surface area contributed by atoms with E-state index in [0.717, 1.165) is 22.4 Å². The fourth-order valence-corrected chi connectivity index (χ4v) is 2.49. The summed E-state index contributed by atoms with van der Waals surface area (Å²) in [6.45, 7) is 4.36. The number of nitrogens with zero attached hydrogens (tertiary/aromatic N) is 1. The van der Waals surface area contributed by atoms with Crippen LogP contribution in [0.4, 0.5) is 0 Å². The molecular formula is C16H14Cl2N2. The van der Waals surface area contributed by atoms with Crippen LogP contribution >= 0.6 is 23.2 Å². The molecule has 3 aromatic rings. The molecule has 0 saturated heterocycles. The van der Waals surface area contributed by atoms with E-state index >= 15 is 0 Å². The smallest absolute Gasteiger partial charge is 0.138 e. The van der Waals surface area contributed by atoms with Gasteiger partial charge in [0, 0.05) is 5.56 Å². The molecule has 1 heterocycles. The van der Waals surface area contributed by atoms with Crippen LogP contribution in [0.25, 0.3) is 22.4 Å². The zero-order chi connectivity index (χ0) is 14.3. The Hall–Kier alpha value is -1.51. The maximum Gasteiger partial charge on any atom is 0.138 e. The van der Waals surface area contributed by atoms with E-state index in [9.17, 15) is 0 Å². The molecule has 102 valence electrons. The van der Waals surface area contributed by atoms with Crippen LogP contribution in [0.3, 0.4) is 0 Å². The Bertz CT molecular complexity index is 719. The Labute approximate surface area is 127 Å². The highest BCUT2D eigenvalue weighted by atomic mass is 35.5. The van der Waals surface area contributed by atoms with Crippen LogP contribution < -0.4 is 0 Å². The standard InChI is InChI=1S/C16H14Cl2N2/c1-9(2)10-3-5-11(6-4-10)16-19-14-7-12(17)13(18)8-15(14)20-16/h3-9H,1-2H3,(H,19,20). The zero-order valence-electron chi connectivity index (χ0n) is 11.2. The van der Waals surface area contributed by atoms with Gasteiger partial charge in [0.2, 0.25) is 0 Å². The van der Waals surface area contributed by atoms with Gasteiger partial charge in [-0.15, -0.1) is 0 Å². The molecule has 3 rings (SSSR count). The van der Waals surface area contributed by atoms with E-state index in [4.69, 9.17) is 23.2 Å². The lowest BCUT2D eigenvalue weighted by Gasteiger charge is -2.05. The molecule has 20 heavy (non-hydrogen) atoms. The van der Waals surface area contributed by atoms with E-state index < -0.39 is 0 Å². The lowest BCUT2D eigenvalue weighted by atomic mass is 10.0. The molecule has 0 aliphatic carbocycles. The Morgan fingerprint density at radius 2 is 1.65 bits per heavy atom. The zero-order valence-corrected chi connectivity index (χ0v) is 12.8. The second-order valence-electron chi connectivity index (χ2n) is 5.15. The third kappa shape index (κ3) is 2.41. The molecule has 0 radical (unpaired) electrons. The lowest BCUT2D eigenvalue weighted by molar-refractivity contribution is 0.867. The molecule has 2 nitrogen and oxygen atoms in total. The maximum atomic E-state index is 6.02. The first kappa shape index (κ1) is 13.5. The molecule has 1 aromatic heterocycles. The van der Waals surface area contributed by atoms with E-state index in [1.807, 2.05) is 0 Å². The predicted molar refractivity (Wildman–Crippen MR) is 85.6 cm³/mol. The number of benzene rings is 2. The highest BCUT2D eigenvalue weighted by Gasteiger charge is 2.08. The van der Waals surface area contributed by atoms with Crippen molar-refractivity contribution in [1.29, 1.82) is 0 Å². The number of fused-ring (bicyclic) bond motifs is 1. The molecule has 0 aliphatic rings. The van der Waals surface area contributed by atoms with Crippen LogP contribution in [0.2, 0.25) is 10.0 Å².